The second-order valence-corrected chi connectivity index (χ2v) is 2.41. The number of hydrogen-bond acceptors (Lipinski definition) is 3. The zero-order valence-corrected chi connectivity index (χ0v) is 6.92. The van der Waals surface area contributed by atoms with E-state index < -0.39 is 5.97 Å². The van der Waals surface area contributed by atoms with E-state index in [1.165, 1.54) is 6.08 Å². The Morgan fingerprint density at radius 3 is 2.55 bits per heavy atom. The largest absolute Gasteiger partial charge is 0.460 e. The van der Waals surface area contributed by atoms with Gasteiger partial charge in [-0.25, -0.2) is 4.79 Å². The fourth-order valence-corrected chi connectivity index (χ4v) is 0.463. The highest BCUT2D eigenvalue weighted by molar-refractivity contribution is 5.88. The summed E-state index contributed by atoms with van der Waals surface area (Å²) in [7, 11) is 0. The Balaban J connectivity index is 4.07. The zero-order chi connectivity index (χ0) is 8.85. The normalized spacial score (nSPS) is 11.0. The average Bonchev–Trinajstić information content (AvgIpc) is 1.86. The van der Waals surface area contributed by atoms with Gasteiger partial charge in [-0.1, -0.05) is 0 Å². The Kier molecular flexibility index (Phi) is 3.97. The van der Waals surface area contributed by atoms with Crippen LogP contribution in [0.5, 0.6) is 0 Å². The van der Waals surface area contributed by atoms with Crippen molar-refractivity contribution in [2.75, 3.05) is 0 Å². The topological polar surface area (TPSA) is 50.1 Å². The van der Waals surface area contributed by atoms with Gasteiger partial charge in [0.05, 0.1) is 12.2 Å². The lowest BCUT2D eigenvalue weighted by Gasteiger charge is -2.06. The van der Waals surface area contributed by atoms with Crippen LogP contribution in [0.3, 0.4) is 0 Å². The van der Waals surface area contributed by atoms with E-state index in [2.05, 4.69) is 0 Å². The Bertz CT molecular complexity index is 211. The van der Waals surface area contributed by atoms with Crippen molar-refractivity contribution in [1.29, 1.82) is 5.26 Å². The van der Waals surface area contributed by atoms with E-state index in [9.17, 15) is 4.79 Å². The number of allylic oxidation sites excluding steroid dienone is 1. The molecule has 0 aliphatic heterocycles. The van der Waals surface area contributed by atoms with Crippen LogP contribution in [0.2, 0.25) is 0 Å². The van der Waals surface area contributed by atoms with Gasteiger partial charge < -0.3 is 4.74 Å². The van der Waals surface area contributed by atoms with Crippen LogP contribution in [0.15, 0.2) is 11.6 Å². The fourth-order valence-electron chi connectivity index (χ4n) is 0.463. The predicted molar refractivity (Wildman–Crippen MR) is 40.6 cm³/mol. The Morgan fingerprint density at radius 2 is 2.18 bits per heavy atom. The zero-order valence-electron chi connectivity index (χ0n) is 6.92. The predicted octanol–water partition coefficient (Wildman–Crippen LogP) is 1.41. The van der Waals surface area contributed by atoms with Crippen molar-refractivity contribution >= 4 is 5.97 Å². The molecule has 0 atom stereocenters. The van der Waals surface area contributed by atoms with Crippen LogP contribution in [-0.2, 0) is 9.53 Å². The van der Waals surface area contributed by atoms with E-state index in [-0.39, 0.29) is 6.10 Å². The average molecular weight is 153 g/mol. The third-order valence-electron chi connectivity index (χ3n) is 0.946. The van der Waals surface area contributed by atoms with Crippen LogP contribution in [0.4, 0.5) is 0 Å². The minimum atomic E-state index is -0.429. The maximum atomic E-state index is 10.9. The minimum absolute atomic E-state index is 0.135. The van der Waals surface area contributed by atoms with E-state index in [0.717, 1.165) is 0 Å². The highest BCUT2D eigenvalue weighted by Crippen LogP contribution is 1.98. The first-order valence-electron chi connectivity index (χ1n) is 3.35. The molecule has 11 heavy (non-hydrogen) atoms. The van der Waals surface area contributed by atoms with Crippen molar-refractivity contribution in [2.24, 2.45) is 0 Å². The van der Waals surface area contributed by atoms with Crippen molar-refractivity contribution in [3.05, 3.63) is 11.6 Å². The molecule has 60 valence electrons. The van der Waals surface area contributed by atoms with Gasteiger partial charge in [0.25, 0.3) is 0 Å². The third-order valence-corrected chi connectivity index (χ3v) is 0.946. The highest BCUT2D eigenvalue weighted by Gasteiger charge is 2.06. The molecule has 0 amide bonds. The number of hydrogen-bond donors (Lipinski definition) is 0. The summed E-state index contributed by atoms with van der Waals surface area (Å²) >= 11 is 0. The number of nitriles is 1. The molecule has 3 nitrogen and oxygen atoms in total. The first-order valence-corrected chi connectivity index (χ1v) is 3.35. The van der Waals surface area contributed by atoms with Crippen LogP contribution in [0.1, 0.15) is 20.8 Å². The minimum Gasteiger partial charge on any atom is -0.460 e. The number of carbonyl (C=O) groups is 1. The molecule has 0 saturated carbocycles. The molecular weight excluding hydrogens is 142 g/mol. The van der Waals surface area contributed by atoms with Gasteiger partial charge in [-0.15, -0.1) is 0 Å². The van der Waals surface area contributed by atoms with Crippen LogP contribution < -0.4 is 0 Å². The van der Waals surface area contributed by atoms with Crippen molar-refractivity contribution in [2.45, 2.75) is 26.9 Å². The molecule has 0 heterocycles. The molecule has 0 aliphatic rings. The molecule has 0 aliphatic carbocycles. The molecule has 0 radical (unpaired) electrons. The SMILES string of the molecule is CC(=CC#N)C(=O)OC(C)C. The monoisotopic (exact) mass is 153 g/mol. The Morgan fingerprint density at radius 1 is 1.64 bits per heavy atom. The summed E-state index contributed by atoms with van der Waals surface area (Å²) in [5.74, 6) is -0.429. The van der Waals surface area contributed by atoms with Gasteiger partial charge in [0.15, 0.2) is 0 Å². The van der Waals surface area contributed by atoms with Gasteiger partial charge in [0, 0.05) is 11.6 Å². The fraction of sp³-hybridized carbons (Fsp3) is 0.500. The quantitative estimate of drug-likeness (QED) is 0.342. The van der Waals surface area contributed by atoms with Crippen LogP contribution >= 0.6 is 0 Å². The first kappa shape index (κ1) is 9.70. The summed E-state index contributed by atoms with van der Waals surface area (Å²) in [5.41, 5.74) is 0.334. The smallest absolute Gasteiger partial charge is 0.334 e. The molecule has 0 rings (SSSR count). The van der Waals surface area contributed by atoms with Gasteiger partial charge in [0.2, 0.25) is 0 Å². The second kappa shape index (κ2) is 4.51. The van der Waals surface area contributed by atoms with Crippen molar-refractivity contribution in [3.8, 4) is 6.07 Å². The van der Waals surface area contributed by atoms with Crippen molar-refractivity contribution < 1.29 is 9.53 Å². The van der Waals surface area contributed by atoms with Crippen LogP contribution in [0, 0.1) is 11.3 Å². The summed E-state index contributed by atoms with van der Waals surface area (Å²) in [6.07, 6.45) is 1.04. The highest BCUT2D eigenvalue weighted by atomic mass is 16.5. The van der Waals surface area contributed by atoms with E-state index in [0.29, 0.717) is 5.57 Å². The molecule has 0 aromatic carbocycles. The summed E-state index contributed by atoms with van der Waals surface area (Å²) in [6.45, 7) is 5.07. The van der Waals surface area contributed by atoms with Gasteiger partial charge >= 0.3 is 5.97 Å². The van der Waals surface area contributed by atoms with Gasteiger partial charge in [0.1, 0.15) is 0 Å². The molecule has 0 bridgehead atoms. The first-order chi connectivity index (χ1) is 5.07. The summed E-state index contributed by atoms with van der Waals surface area (Å²) in [5, 5.41) is 8.19. The molecular formula is C8H11NO2. The maximum Gasteiger partial charge on any atom is 0.334 e. The van der Waals surface area contributed by atoms with Crippen LogP contribution in [-0.4, -0.2) is 12.1 Å². The Hall–Kier alpha value is -1.30. The van der Waals surface area contributed by atoms with Crippen molar-refractivity contribution in [3.63, 3.8) is 0 Å². The van der Waals surface area contributed by atoms with Gasteiger partial charge in [-0.2, -0.15) is 5.26 Å². The standard InChI is InChI=1S/C8H11NO2/c1-6(2)11-8(10)7(3)4-5-9/h4,6H,1-3H3. The van der Waals surface area contributed by atoms with E-state index in [1.54, 1.807) is 26.8 Å². The van der Waals surface area contributed by atoms with Gasteiger partial charge in [-0.05, 0) is 20.8 Å². The van der Waals surface area contributed by atoms with E-state index in [1.807, 2.05) is 0 Å². The summed E-state index contributed by atoms with van der Waals surface area (Å²) in [4.78, 5) is 10.9. The number of rotatable bonds is 2. The molecule has 0 saturated heterocycles. The maximum absolute atomic E-state index is 10.9. The van der Waals surface area contributed by atoms with E-state index in [4.69, 9.17) is 10.00 Å². The molecule has 0 aromatic heterocycles. The number of nitrogens with zero attached hydrogens (tertiary/aromatic N) is 1. The molecule has 0 spiro atoms. The summed E-state index contributed by atoms with van der Waals surface area (Å²) in [6, 6.07) is 1.76. The van der Waals surface area contributed by atoms with Crippen molar-refractivity contribution in [1.82, 2.24) is 0 Å². The molecule has 3 heteroatoms. The summed E-state index contributed by atoms with van der Waals surface area (Å²) < 4.78 is 4.81. The molecule has 0 N–H and O–H groups in total. The number of carbonyl (C=O) groups excluding carboxylic acids is 1. The Labute approximate surface area is 66.3 Å². The number of ether oxygens (including phenoxy) is 1. The lowest BCUT2D eigenvalue weighted by Crippen LogP contribution is -2.11. The lowest BCUT2D eigenvalue weighted by molar-refractivity contribution is -0.142. The van der Waals surface area contributed by atoms with E-state index >= 15 is 0 Å². The lowest BCUT2D eigenvalue weighted by atomic mass is 10.3. The van der Waals surface area contributed by atoms with Gasteiger partial charge in [-0.3, -0.25) is 0 Å². The second-order valence-electron chi connectivity index (χ2n) is 2.41. The molecule has 0 fully saturated rings. The third kappa shape index (κ3) is 4.15. The molecule has 0 unspecified atom stereocenters. The van der Waals surface area contributed by atoms with Crippen LogP contribution in [0.25, 0.3) is 0 Å². The molecule has 0 aromatic rings. The number of esters is 1.